The Morgan fingerprint density at radius 2 is 1.95 bits per heavy atom. The summed E-state index contributed by atoms with van der Waals surface area (Å²) in [5, 5.41) is 7.61. The fourth-order valence-electron chi connectivity index (χ4n) is 1.93. The summed E-state index contributed by atoms with van der Waals surface area (Å²) < 4.78 is 10.5. The normalized spacial score (nSPS) is 10.6. The molecule has 0 aliphatic rings. The Kier molecular flexibility index (Phi) is 5.36. The minimum absolute atomic E-state index is 0.291. The molecule has 0 aliphatic carbocycles. The molecule has 0 amide bonds. The van der Waals surface area contributed by atoms with Gasteiger partial charge in [-0.25, -0.2) is 4.79 Å². The predicted octanol–water partition coefficient (Wildman–Crippen LogP) is 3.44. The van der Waals surface area contributed by atoms with Crippen LogP contribution in [0.2, 0.25) is 5.02 Å². The number of carbonyl (C=O) groups excluding carboxylic acids is 1. The summed E-state index contributed by atoms with van der Waals surface area (Å²) in [6, 6.07) is 7.26. The molecule has 0 bridgehead atoms. The zero-order chi connectivity index (χ0) is 15.2. The summed E-state index contributed by atoms with van der Waals surface area (Å²) in [5.41, 5.74) is 2.55. The first-order valence-corrected chi connectivity index (χ1v) is 7.13. The van der Waals surface area contributed by atoms with E-state index in [1.54, 1.807) is 19.1 Å². The molecule has 0 unspecified atom stereocenters. The van der Waals surface area contributed by atoms with Crippen LogP contribution in [0.4, 0.5) is 0 Å². The highest BCUT2D eigenvalue weighted by Crippen LogP contribution is 2.26. The number of rotatable bonds is 6. The van der Waals surface area contributed by atoms with Gasteiger partial charge in [0.1, 0.15) is 5.69 Å². The highest BCUT2D eigenvalue weighted by Gasteiger charge is 2.21. The molecule has 1 aromatic heterocycles. The maximum absolute atomic E-state index is 12.0. The van der Waals surface area contributed by atoms with Crippen molar-refractivity contribution in [2.45, 2.75) is 20.5 Å². The van der Waals surface area contributed by atoms with Crippen molar-refractivity contribution in [1.29, 1.82) is 0 Å². The lowest BCUT2D eigenvalue weighted by Crippen LogP contribution is -2.09. The van der Waals surface area contributed by atoms with Crippen LogP contribution < -0.4 is 0 Å². The molecule has 2 rings (SSSR count). The van der Waals surface area contributed by atoms with Crippen LogP contribution in [-0.4, -0.2) is 29.4 Å². The van der Waals surface area contributed by atoms with Crippen LogP contribution in [0, 0.1) is 0 Å². The number of halogens is 1. The molecule has 1 heterocycles. The Labute approximate surface area is 128 Å². The zero-order valence-electron chi connectivity index (χ0n) is 12.0. The number of benzene rings is 1. The summed E-state index contributed by atoms with van der Waals surface area (Å²) >= 11 is 5.89. The van der Waals surface area contributed by atoms with Crippen molar-refractivity contribution in [2.75, 3.05) is 13.2 Å². The Balaban J connectivity index is 2.40. The van der Waals surface area contributed by atoms with Gasteiger partial charge in [0.2, 0.25) is 0 Å². The van der Waals surface area contributed by atoms with E-state index in [1.165, 1.54) is 0 Å². The molecule has 0 aliphatic heterocycles. The average Bonchev–Trinajstić information content (AvgIpc) is 2.90. The zero-order valence-corrected chi connectivity index (χ0v) is 12.7. The molecule has 0 spiro atoms. The van der Waals surface area contributed by atoms with E-state index in [4.69, 9.17) is 21.1 Å². The number of aromatic nitrogens is 2. The van der Waals surface area contributed by atoms with E-state index in [1.807, 2.05) is 19.1 Å². The van der Waals surface area contributed by atoms with E-state index >= 15 is 0 Å². The van der Waals surface area contributed by atoms with Gasteiger partial charge in [0.25, 0.3) is 0 Å². The number of H-pyrrole nitrogens is 1. The fourth-order valence-corrected chi connectivity index (χ4v) is 2.05. The van der Waals surface area contributed by atoms with Crippen LogP contribution in [0.5, 0.6) is 0 Å². The first kappa shape index (κ1) is 15.5. The smallest absolute Gasteiger partial charge is 0.356 e. The van der Waals surface area contributed by atoms with E-state index in [-0.39, 0.29) is 0 Å². The standard InChI is InChI=1S/C15H17ClN2O3/c1-3-20-9-12-13(10-5-7-11(16)8-6-10)17-18-14(12)15(19)21-4-2/h5-8H,3-4,9H2,1-2H3,(H,17,18). The van der Waals surface area contributed by atoms with Gasteiger partial charge in [0, 0.05) is 22.8 Å². The van der Waals surface area contributed by atoms with E-state index in [2.05, 4.69) is 10.2 Å². The van der Waals surface area contributed by atoms with Crippen LogP contribution in [-0.2, 0) is 16.1 Å². The molecule has 2 aromatic rings. The van der Waals surface area contributed by atoms with Gasteiger partial charge < -0.3 is 9.47 Å². The lowest BCUT2D eigenvalue weighted by molar-refractivity contribution is 0.0512. The molecule has 112 valence electrons. The van der Waals surface area contributed by atoms with Gasteiger partial charge in [-0.2, -0.15) is 5.10 Å². The fraction of sp³-hybridized carbons (Fsp3) is 0.333. The molecule has 5 nitrogen and oxygen atoms in total. The molecule has 1 aromatic carbocycles. The number of carbonyl (C=O) groups is 1. The number of hydrogen-bond acceptors (Lipinski definition) is 4. The second kappa shape index (κ2) is 7.24. The van der Waals surface area contributed by atoms with Crippen molar-refractivity contribution < 1.29 is 14.3 Å². The third-order valence-electron chi connectivity index (χ3n) is 2.91. The largest absolute Gasteiger partial charge is 0.461 e. The second-order valence-electron chi connectivity index (χ2n) is 4.29. The monoisotopic (exact) mass is 308 g/mol. The molecule has 0 atom stereocenters. The molecule has 0 radical (unpaired) electrons. The topological polar surface area (TPSA) is 64.2 Å². The number of hydrogen-bond donors (Lipinski definition) is 1. The summed E-state index contributed by atoms with van der Waals surface area (Å²) in [4.78, 5) is 12.0. The summed E-state index contributed by atoms with van der Waals surface area (Å²) in [7, 11) is 0. The number of aromatic amines is 1. The van der Waals surface area contributed by atoms with Gasteiger partial charge in [-0.05, 0) is 26.0 Å². The van der Waals surface area contributed by atoms with Crippen molar-refractivity contribution in [3.8, 4) is 11.3 Å². The van der Waals surface area contributed by atoms with Crippen molar-refractivity contribution in [3.63, 3.8) is 0 Å². The SMILES string of the molecule is CCOCc1c(-c2ccc(Cl)cc2)n[nH]c1C(=O)OCC. The molecule has 21 heavy (non-hydrogen) atoms. The highest BCUT2D eigenvalue weighted by atomic mass is 35.5. The first-order chi connectivity index (χ1) is 10.2. The van der Waals surface area contributed by atoms with Gasteiger partial charge in [-0.15, -0.1) is 0 Å². The van der Waals surface area contributed by atoms with Gasteiger partial charge >= 0.3 is 5.97 Å². The molecular weight excluding hydrogens is 292 g/mol. The summed E-state index contributed by atoms with van der Waals surface area (Å²) in [6.45, 7) is 4.80. The van der Waals surface area contributed by atoms with Crippen LogP contribution in [0.15, 0.2) is 24.3 Å². The van der Waals surface area contributed by atoms with Crippen molar-refractivity contribution >= 4 is 17.6 Å². The van der Waals surface area contributed by atoms with E-state index < -0.39 is 5.97 Å². The Bertz CT molecular complexity index is 608. The van der Waals surface area contributed by atoms with Gasteiger partial charge in [-0.3, -0.25) is 5.10 Å². The number of nitrogens with zero attached hydrogens (tertiary/aromatic N) is 1. The highest BCUT2D eigenvalue weighted by molar-refractivity contribution is 6.30. The molecule has 0 fully saturated rings. The van der Waals surface area contributed by atoms with Crippen LogP contribution in [0.3, 0.4) is 0 Å². The molecule has 0 saturated carbocycles. The van der Waals surface area contributed by atoms with Gasteiger partial charge in [-0.1, -0.05) is 23.7 Å². The summed E-state index contributed by atoms with van der Waals surface area (Å²) in [5.74, 6) is -0.431. The van der Waals surface area contributed by atoms with Crippen LogP contribution in [0.25, 0.3) is 11.3 Å². The third-order valence-corrected chi connectivity index (χ3v) is 3.17. The predicted molar refractivity (Wildman–Crippen MR) is 80.3 cm³/mol. The third kappa shape index (κ3) is 3.62. The van der Waals surface area contributed by atoms with Gasteiger partial charge in [0.15, 0.2) is 0 Å². The minimum atomic E-state index is -0.431. The molecule has 1 N–H and O–H groups in total. The lowest BCUT2D eigenvalue weighted by Gasteiger charge is -2.06. The van der Waals surface area contributed by atoms with Crippen molar-refractivity contribution in [3.05, 3.63) is 40.5 Å². The molecule has 6 heteroatoms. The Morgan fingerprint density at radius 1 is 1.24 bits per heavy atom. The summed E-state index contributed by atoms with van der Waals surface area (Å²) in [6.07, 6.45) is 0. The molecule has 0 saturated heterocycles. The Hall–Kier alpha value is -1.85. The van der Waals surface area contributed by atoms with Crippen LogP contribution in [0.1, 0.15) is 29.9 Å². The van der Waals surface area contributed by atoms with E-state index in [0.717, 1.165) is 5.56 Å². The molecular formula is C15H17ClN2O3. The van der Waals surface area contributed by atoms with E-state index in [0.29, 0.717) is 41.8 Å². The number of nitrogens with one attached hydrogen (secondary N) is 1. The number of ether oxygens (including phenoxy) is 2. The Morgan fingerprint density at radius 3 is 2.57 bits per heavy atom. The van der Waals surface area contributed by atoms with Crippen molar-refractivity contribution in [2.24, 2.45) is 0 Å². The maximum atomic E-state index is 12.0. The number of esters is 1. The van der Waals surface area contributed by atoms with Gasteiger partial charge in [0.05, 0.1) is 18.9 Å². The minimum Gasteiger partial charge on any atom is -0.461 e. The maximum Gasteiger partial charge on any atom is 0.356 e. The average molecular weight is 309 g/mol. The van der Waals surface area contributed by atoms with Crippen LogP contribution >= 0.6 is 11.6 Å². The first-order valence-electron chi connectivity index (χ1n) is 6.75. The van der Waals surface area contributed by atoms with Crippen molar-refractivity contribution in [1.82, 2.24) is 10.2 Å². The van der Waals surface area contributed by atoms with E-state index in [9.17, 15) is 4.79 Å². The quantitative estimate of drug-likeness (QED) is 0.830. The second-order valence-corrected chi connectivity index (χ2v) is 4.73. The lowest BCUT2D eigenvalue weighted by atomic mass is 10.1.